The van der Waals surface area contributed by atoms with Gasteiger partial charge in [0.15, 0.2) is 5.78 Å². The van der Waals surface area contributed by atoms with Crippen molar-refractivity contribution in [2.45, 2.75) is 195 Å². The summed E-state index contributed by atoms with van der Waals surface area (Å²) in [5.41, 5.74) is 7.55. The highest BCUT2D eigenvalue weighted by atomic mass is 16.5. The van der Waals surface area contributed by atoms with Gasteiger partial charge in [-0.2, -0.15) is 0 Å². The number of rotatable bonds is 24. The average molecular weight is 675 g/mol. The van der Waals surface area contributed by atoms with Gasteiger partial charge >= 0.3 is 0 Å². The molecule has 0 bridgehead atoms. The lowest BCUT2D eigenvalue weighted by molar-refractivity contribution is 0.104. The van der Waals surface area contributed by atoms with E-state index < -0.39 is 0 Å². The maximum absolute atomic E-state index is 14.9. The zero-order valence-corrected chi connectivity index (χ0v) is 33.6. The van der Waals surface area contributed by atoms with Gasteiger partial charge in [0, 0.05) is 16.7 Å². The fraction of sp³-hybridized carbons (Fsp3) is 0.674. The van der Waals surface area contributed by atoms with Gasteiger partial charge in [0.1, 0.15) is 11.5 Å². The van der Waals surface area contributed by atoms with Crippen LogP contribution >= 0.6 is 0 Å². The highest BCUT2D eigenvalue weighted by Gasteiger charge is 2.29. The predicted molar refractivity (Wildman–Crippen MR) is 214 cm³/mol. The van der Waals surface area contributed by atoms with Crippen LogP contribution in [0.2, 0.25) is 0 Å². The molecular weight excluding hydrogens is 601 g/mol. The summed E-state index contributed by atoms with van der Waals surface area (Å²) in [4.78, 5) is 14.9. The zero-order chi connectivity index (χ0) is 36.5. The van der Waals surface area contributed by atoms with Crippen molar-refractivity contribution in [2.75, 3.05) is 7.11 Å². The van der Waals surface area contributed by atoms with Crippen LogP contribution in [-0.2, 0) is 0 Å². The summed E-state index contributed by atoms with van der Waals surface area (Å²) in [5, 5.41) is 11.7. The number of carbonyl (C=O) groups excluding carboxylic acids is 1. The van der Waals surface area contributed by atoms with E-state index in [2.05, 4.69) is 87.4 Å². The highest BCUT2D eigenvalue weighted by molar-refractivity contribution is 6.09. The summed E-state index contributed by atoms with van der Waals surface area (Å²) in [6, 6.07) is 6.55. The van der Waals surface area contributed by atoms with Gasteiger partial charge in [-0.25, -0.2) is 0 Å². The second-order valence-corrected chi connectivity index (χ2v) is 15.3. The maximum atomic E-state index is 14.9. The number of phenolic OH excluding ortho intramolecular Hbond substituents is 1. The Balaban J connectivity index is 2.90. The number of phenols is 1. The van der Waals surface area contributed by atoms with E-state index in [0.29, 0.717) is 17.6 Å². The van der Waals surface area contributed by atoms with Gasteiger partial charge in [0.05, 0.1) is 7.11 Å². The van der Waals surface area contributed by atoms with Crippen LogP contribution in [-0.4, -0.2) is 18.0 Å². The van der Waals surface area contributed by atoms with Crippen LogP contribution in [0.4, 0.5) is 0 Å². The van der Waals surface area contributed by atoms with Crippen LogP contribution in [0.3, 0.4) is 0 Å². The molecule has 2 rings (SSSR count). The van der Waals surface area contributed by atoms with E-state index in [0.717, 1.165) is 117 Å². The minimum atomic E-state index is 0.0659. The summed E-state index contributed by atoms with van der Waals surface area (Å²) in [7, 11) is 1.79. The van der Waals surface area contributed by atoms with Crippen molar-refractivity contribution in [3.63, 3.8) is 0 Å². The molecule has 276 valence electrons. The normalized spacial score (nSPS) is 14.9. The van der Waals surface area contributed by atoms with Crippen molar-refractivity contribution >= 4 is 11.9 Å². The first-order chi connectivity index (χ1) is 23.5. The van der Waals surface area contributed by atoms with Crippen molar-refractivity contribution in [3.05, 3.63) is 63.2 Å². The lowest BCUT2D eigenvalue weighted by Crippen LogP contribution is -2.15. The standard InChI is InChI=1S/C46H74O3/c1-12-17-22-32(6)38-29-37(43(42(30-38)49-11)34(8)24-19-14-3)27-28-40(47)46-39(33(7)23-18-13-2)31-41(48)44(35(9)25-20-15-4)45(46)36(10)26-21-16-5/h27-36,48H,12-26H2,1-11H3/b28-27-. The molecule has 2 aromatic carbocycles. The molecule has 0 saturated carbocycles. The fourth-order valence-electron chi connectivity index (χ4n) is 7.76. The predicted octanol–water partition coefficient (Wildman–Crippen LogP) is 14.8. The Hall–Kier alpha value is -2.55. The maximum Gasteiger partial charge on any atom is 0.186 e. The number of hydrogen-bond donors (Lipinski definition) is 1. The number of benzene rings is 2. The van der Waals surface area contributed by atoms with E-state index in [4.69, 9.17) is 4.74 Å². The van der Waals surface area contributed by atoms with Gasteiger partial charge in [-0.1, -0.05) is 146 Å². The highest BCUT2D eigenvalue weighted by Crippen LogP contribution is 2.44. The Bertz CT molecular complexity index is 1300. The molecule has 2 aromatic rings. The Morgan fingerprint density at radius 2 is 1.08 bits per heavy atom. The number of carbonyl (C=O) groups is 1. The molecule has 0 amide bonds. The summed E-state index contributed by atoms with van der Waals surface area (Å²) < 4.78 is 6.09. The van der Waals surface area contributed by atoms with Crippen LogP contribution in [0, 0.1) is 0 Å². The van der Waals surface area contributed by atoms with Crippen LogP contribution in [0.1, 0.15) is 239 Å². The number of allylic oxidation sites excluding steroid dienone is 1. The third-order valence-corrected chi connectivity index (χ3v) is 11.0. The SMILES string of the molecule is CCCCC(C)c1cc(/C=C\C(=O)c2c(C(C)CCCC)cc(O)c(C(C)CCCC)c2C(C)CCCC)c(C(C)CCCC)c(OC)c1. The smallest absolute Gasteiger partial charge is 0.186 e. The molecule has 5 unspecified atom stereocenters. The molecule has 0 saturated heterocycles. The van der Waals surface area contributed by atoms with Gasteiger partial charge < -0.3 is 9.84 Å². The summed E-state index contributed by atoms with van der Waals surface area (Å²) in [6.45, 7) is 22.6. The van der Waals surface area contributed by atoms with E-state index in [1.807, 2.05) is 12.1 Å². The minimum absolute atomic E-state index is 0.0659. The Kier molecular flexibility index (Phi) is 19.4. The zero-order valence-electron chi connectivity index (χ0n) is 33.6. The molecule has 1 N–H and O–H groups in total. The molecule has 3 nitrogen and oxygen atoms in total. The Labute approximate surface area is 302 Å². The number of hydrogen-bond acceptors (Lipinski definition) is 3. The number of unbranched alkanes of at least 4 members (excludes halogenated alkanes) is 5. The largest absolute Gasteiger partial charge is 0.508 e. The van der Waals surface area contributed by atoms with Gasteiger partial charge in [-0.05, 0) is 102 Å². The lowest BCUT2D eigenvalue weighted by Gasteiger charge is -2.28. The number of aromatic hydroxyl groups is 1. The fourth-order valence-corrected chi connectivity index (χ4v) is 7.76. The molecule has 49 heavy (non-hydrogen) atoms. The Morgan fingerprint density at radius 3 is 1.57 bits per heavy atom. The molecule has 0 fully saturated rings. The van der Waals surface area contributed by atoms with Crippen LogP contribution in [0.25, 0.3) is 6.08 Å². The van der Waals surface area contributed by atoms with Crippen molar-refractivity contribution in [2.24, 2.45) is 0 Å². The molecule has 0 aliphatic rings. The Morgan fingerprint density at radius 1 is 0.633 bits per heavy atom. The molecule has 0 aliphatic carbocycles. The average Bonchev–Trinajstić information content (AvgIpc) is 3.10. The van der Waals surface area contributed by atoms with Crippen LogP contribution in [0.15, 0.2) is 24.3 Å². The summed E-state index contributed by atoms with van der Waals surface area (Å²) >= 11 is 0. The second-order valence-electron chi connectivity index (χ2n) is 15.3. The van der Waals surface area contributed by atoms with Gasteiger partial charge in [0.2, 0.25) is 0 Å². The van der Waals surface area contributed by atoms with Crippen LogP contribution < -0.4 is 4.74 Å². The topological polar surface area (TPSA) is 46.5 Å². The quantitative estimate of drug-likeness (QED) is 0.0890. The second kappa shape index (κ2) is 22.3. The van der Waals surface area contributed by atoms with Crippen molar-refractivity contribution in [1.29, 1.82) is 0 Å². The van der Waals surface area contributed by atoms with E-state index in [-0.39, 0.29) is 23.5 Å². The molecule has 3 heteroatoms. The summed E-state index contributed by atoms with van der Waals surface area (Å²) in [6.07, 6.45) is 20.5. The molecule has 0 aliphatic heterocycles. The third-order valence-electron chi connectivity index (χ3n) is 11.0. The van der Waals surface area contributed by atoms with E-state index in [1.54, 1.807) is 7.11 Å². The lowest BCUT2D eigenvalue weighted by atomic mass is 9.76. The monoisotopic (exact) mass is 675 g/mol. The van der Waals surface area contributed by atoms with Crippen molar-refractivity contribution in [1.82, 2.24) is 0 Å². The summed E-state index contributed by atoms with van der Waals surface area (Å²) in [5.74, 6) is 2.67. The molecule has 0 radical (unpaired) electrons. The van der Waals surface area contributed by atoms with Crippen molar-refractivity contribution < 1.29 is 14.6 Å². The van der Waals surface area contributed by atoms with Gasteiger partial charge in [-0.15, -0.1) is 0 Å². The van der Waals surface area contributed by atoms with E-state index in [9.17, 15) is 9.90 Å². The molecular formula is C46H74O3. The first kappa shape index (κ1) is 42.6. The number of methoxy groups -OCH3 is 1. The van der Waals surface area contributed by atoms with Crippen LogP contribution in [0.5, 0.6) is 11.5 Å². The number of ether oxygens (including phenoxy) is 1. The first-order valence-electron chi connectivity index (χ1n) is 20.3. The first-order valence-corrected chi connectivity index (χ1v) is 20.3. The van der Waals surface area contributed by atoms with E-state index >= 15 is 0 Å². The van der Waals surface area contributed by atoms with Gasteiger partial charge in [-0.3, -0.25) is 4.79 Å². The molecule has 0 heterocycles. The molecule has 5 atom stereocenters. The van der Waals surface area contributed by atoms with E-state index in [1.165, 1.54) is 24.0 Å². The van der Waals surface area contributed by atoms with Gasteiger partial charge in [0.25, 0.3) is 0 Å². The minimum Gasteiger partial charge on any atom is -0.508 e. The third kappa shape index (κ3) is 12.0. The van der Waals surface area contributed by atoms with Crippen molar-refractivity contribution in [3.8, 4) is 11.5 Å². The molecule has 0 aromatic heterocycles. The molecule has 0 spiro atoms. The number of ketones is 1.